The first-order valence-electron chi connectivity index (χ1n) is 8.32. The van der Waals surface area contributed by atoms with Crippen molar-refractivity contribution < 1.29 is 9.53 Å². The lowest BCUT2D eigenvalue weighted by atomic mass is 10.0. The number of aryl methyl sites for hydroxylation is 2. The lowest BCUT2D eigenvalue weighted by Gasteiger charge is -2.04. The average Bonchev–Trinajstić information content (AvgIpc) is 3.10. The summed E-state index contributed by atoms with van der Waals surface area (Å²) in [4.78, 5) is 16.7. The number of rotatable bonds is 5. The van der Waals surface area contributed by atoms with Crippen molar-refractivity contribution >= 4 is 44.4 Å². The predicted octanol–water partition coefficient (Wildman–Crippen LogP) is 5.85. The molecule has 0 radical (unpaired) electrons. The van der Waals surface area contributed by atoms with E-state index in [9.17, 15) is 4.79 Å². The van der Waals surface area contributed by atoms with Crippen LogP contribution in [0.2, 0.25) is 0 Å². The van der Waals surface area contributed by atoms with E-state index in [1.165, 1.54) is 23.0 Å². The molecule has 0 saturated heterocycles. The van der Waals surface area contributed by atoms with E-state index in [2.05, 4.69) is 58.3 Å². The first kappa shape index (κ1) is 19.3. The van der Waals surface area contributed by atoms with Gasteiger partial charge in [-0.25, -0.2) is 4.98 Å². The van der Waals surface area contributed by atoms with Crippen LogP contribution in [0.25, 0.3) is 17.3 Å². The number of nitrogens with one attached hydrogen (secondary N) is 1. The Morgan fingerprint density at radius 1 is 1.22 bits per heavy atom. The van der Waals surface area contributed by atoms with Gasteiger partial charge < -0.3 is 4.74 Å². The SMILES string of the molecule is COc1ccc(C=CC(=O)Nc2nc(-c3cc(C)ccc3C)cs2)cc1Br. The van der Waals surface area contributed by atoms with E-state index in [0.29, 0.717) is 5.13 Å². The normalized spacial score (nSPS) is 11.0. The summed E-state index contributed by atoms with van der Waals surface area (Å²) in [5.41, 5.74) is 5.20. The molecule has 4 nitrogen and oxygen atoms in total. The van der Waals surface area contributed by atoms with Crippen LogP contribution in [0.4, 0.5) is 5.13 Å². The summed E-state index contributed by atoms with van der Waals surface area (Å²) in [5.74, 6) is 0.530. The van der Waals surface area contributed by atoms with Crippen LogP contribution in [0.15, 0.2) is 52.3 Å². The van der Waals surface area contributed by atoms with Crippen LogP contribution in [0.3, 0.4) is 0 Å². The number of carbonyl (C=O) groups is 1. The monoisotopic (exact) mass is 442 g/mol. The number of benzene rings is 2. The van der Waals surface area contributed by atoms with Crippen LogP contribution in [-0.2, 0) is 4.79 Å². The molecule has 0 aliphatic rings. The zero-order chi connectivity index (χ0) is 19.4. The predicted molar refractivity (Wildman–Crippen MR) is 115 cm³/mol. The van der Waals surface area contributed by atoms with Gasteiger partial charge in [-0.05, 0) is 65.2 Å². The maximum Gasteiger partial charge on any atom is 0.250 e. The second kappa shape index (κ2) is 8.50. The van der Waals surface area contributed by atoms with Crippen molar-refractivity contribution in [1.82, 2.24) is 4.98 Å². The Morgan fingerprint density at radius 3 is 2.78 bits per heavy atom. The molecule has 0 atom stereocenters. The van der Waals surface area contributed by atoms with E-state index >= 15 is 0 Å². The van der Waals surface area contributed by atoms with E-state index < -0.39 is 0 Å². The summed E-state index contributed by atoms with van der Waals surface area (Å²) in [5, 5.41) is 5.36. The van der Waals surface area contributed by atoms with Crippen LogP contribution in [0.5, 0.6) is 5.75 Å². The van der Waals surface area contributed by atoms with Gasteiger partial charge in [0.2, 0.25) is 5.91 Å². The molecule has 2 aromatic carbocycles. The van der Waals surface area contributed by atoms with Gasteiger partial charge in [0.15, 0.2) is 5.13 Å². The molecule has 0 aliphatic carbocycles. The van der Waals surface area contributed by atoms with Gasteiger partial charge in [-0.15, -0.1) is 11.3 Å². The number of methoxy groups -OCH3 is 1. The number of hydrogen-bond donors (Lipinski definition) is 1. The molecule has 1 aromatic heterocycles. The van der Waals surface area contributed by atoms with Gasteiger partial charge in [0, 0.05) is 17.0 Å². The number of ether oxygens (including phenoxy) is 1. The molecule has 0 bridgehead atoms. The van der Waals surface area contributed by atoms with Crippen molar-refractivity contribution in [2.24, 2.45) is 0 Å². The minimum Gasteiger partial charge on any atom is -0.496 e. The van der Waals surface area contributed by atoms with Crippen LogP contribution in [-0.4, -0.2) is 18.0 Å². The highest BCUT2D eigenvalue weighted by Crippen LogP contribution is 2.28. The van der Waals surface area contributed by atoms with Gasteiger partial charge in [-0.1, -0.05) is 23.8 Å². The molecule has 0 aliphatic heterocycles. The molecule has 0 saturated carbocycles. The first-order chi connectivity index (χ1) is 13.0. The lowest BCUT2D eigenvalue weighted by Crippen LogP contribution is -2.07. The van der Waals surface area contributed by atoms with Crippen molar-refractivity contribution in [1.29, 1.82) is 0 Å². The number of amides is 1. The van der Waals surface area contributed by atoms with E-state index in [1.54, 1.807) is 13.2 Å². The van der Waals surface area contributed by atoms with Crippen molar-refractivity contribution in [2.75, 3.05) is 12.4 Å². The van der Waals surface area contributed by atoms with Crippen molar-refractivity contribution in [2.45, 2.75) is 13.8 Å². The Kier molecular flexibility index (Phi) is 6.08. The quantitative estimate of drug-likeness (QED) is 0.504. The molecule has 0 unspecified atom stereocenters. The molecule has 0 fully saturated rings. The highest BCUT2D eigenvalue weighted by atomic mass is 79.9. The minimum absolute atomic E-state index is 0.219. The molecular formula is C21H19BrN2O2S. The second-order valence-electron chi connectivity index (χ2n) is 6.07. The number of thiazole rings is 1. The maximum absolute atomic E-state index is 12.2. The molecule has 3 aromatic rings. The number of hydrogen-bond acceptors (Lipinski definition) is 4. The summed E-state index contributed by atoms with van der Waals surface area (Å²) in [6.45, 7) is 4.11. The Morgan fingerprint density at radius 2 is 2.04 bits per heavy atom. The number of nitrogens with zero attached hydrogens (tertiary/aromatic N) is 1. The topological polar surface area (TPSA) is 51.2 Å². The third kappa shape index (κ3) is 4.84. The van der Waals surface area contributed by atoms with Crippen LogP contribution in [0.1, 0.15) is 16.7 Å². The Hall–Kier alpha value is -2.44. The Balaban J connectivity index is 1.69. The lowest BCUT2D eigenvalue weighted by molar-refractivity contribution is -0.111. The summed E-state index contributed by atoms with van der Waals surface area (Å²) in [7, 11) is 1.61. The molecule has 3 rings (SSSR count). The number of anilines is 1. The van der Waals surface area contributed by atoms with E-state index in [-0.39, 0.29) is 5.91 Å². The maximum atomic E-state index is 12.2. The van der Waals surface area contributed by atoms with E-state index in [4.69, 9.17) is 4.74 Å². The summed E-state index contributed by atoms with van der Waals surface area (Å²) < 4.78 is 6.04. The van der Waals surface area contributed by atoms with Crippen LogP contribution < -0.4 is 10.1 Å². The fourth-order valence-corrected chi connectivity index (χ4v) is 3.84. The third-order valence-electron chi connectivity index (χ3n) is 4.01. The van der Waals surface area contributed by atoms with E-state index in [1.807, 2.05) is 23.6 Å². The summed E-state index contributed by atoms with van der Waals surface area (Å²) in [6, 6.07) is 11.9. The Bertz CT molecular complexity index is 1010. The second-order valence-corrected chi connectivity index (χ2v) is 7.79. The zero-order valence-corrected chi connectivity index (χ0v) is 17.6. The van der Waals surface area contributed by atoms with Crippen molar-refractivity contribution in [3.8, 4) is 17.0 Å². The molecule has 6 heteroatoms. The molecular weight excluding hydrogens is 424 g/mol. The van der Waals surface area contributed by atoms with Crippen molar-refractivity contribution in [3.63, 3.8) is 0 Å². The zero-order valence-electron chi connectivity index (χ0n) is 15.2. The molecule has 1 N–H and O–H groups in total. The smallest absolute Gasteiger partial charge is 0.250 e. The number of halogens is 1. The van der Waals surface area contributed by atoms with Gasteiger partial charge >= 0.3 is 0 Å². The van der Waals surface area contributed by atoms with Gasteiger partial charge in [-0.2, -0.15) is 0 Å². The largest absolute Gasteiger partial charge is 0.496 e. The van der Waals surface area contributed by atoms with Crippen molar-refractivity contribution in [3.05, 3.63) is 69.0 Å². The highest BCUT2D eigenvalue weighted by Gasteiger charge is 2.09. The fourth-order valence-electron chi connectivity index (χ4n) is 2.57. The molecule has 27 heavy (non-hydrogen) atoms. The molecule has 138 valence electrons. The molecule has 1 heterocycles. The standard InChI is InChI=1S/C21H19BrN2O2S/c1-13-4-5-14(2)16(10-13)18-12-27-21(23-18)24-20(25)9-7-15-6-8-19(26-3)17(22)11-15/h4-12H,1-3H3,(H,23,24,25). The van der Waals surface area contributed by atoms with Gasteiger partial charge in [0.25, 0.3) is 0 Å². The summed E-state index contributed by atoms with van der Waals surface area (Å²) in [6.07, 6.45) is 3.24. The average molecular weight is 443 g/mol. The minimum atomic E-state index is -0.219. The summed E-state index contributed by atoms with van der Waals surface area (Å²) >= 11 is 4.85. The Labute approximate surface area is 171 Å². The van der Waals surface area contributed by atoms with Crippen LogP contribution in [0, 0.1) is 13.8 Å². The highest BCUT2D eigenvalue weighted by molar-refractivity contribution is 9.10. The first-order valence-corrected chi connectivity index (χ1v) is 9.99. The van der Waals surface area contributed by atoms with E-state index in [0.717, 1.165) is 32.6 Å². The number of aromatic nitrogens is 1. The fraction of sp³-hybridized carbons (Fsp3) is 0.143. The molecule has 0 spiro atoms. The molecule has 1 amide bonds. The third-order valence-corrected chi connectivity index (χ3v) is 5.38. The number of carbonyl (C=O) groups excluding carboxylic acids is 1. The van der Waals surface area contributed by atoms with Gasteiger partial charge in [0.05, 0.1) is 17.3 Å². The van der Waals surface area contributed by atoms with Crippen LogP contribution >= 0.6 is 27.3 Å². The van der Waals surface area contributed by atoms with Gasteiger partial charge in [0.1, 0.15) is 5.75 Å². The van der Waals surface area contributed by atoms with Gasteiger partial charge in [-0.3, -0.25) is 10.1 Å².